The topological polar surface area (TPSA) is 124 Å². The van der Waals surface area contributed by atoms with Gasteiger partial charge in [-0.1, -0.05) is 161 Å². The van der Waals surface area contributed by atoms with Crippen LogP contribution in [0.4, 0.5) is 0 Å². The van der Waals surface area contributed by atoms with Gasteiger partial charge in [-0.25, -0.2) is 19.2 Å². The third-order valence-electron chi connectivity index (χ3n) is 13.2. The number of rotatable bonds is 36. The Morgan fingerprint density at radius 2 is 0.667 bits per heavy atom. The Labute approximate surface area is 449 Å². The van der Waals surface area contributed by atoms with Crippen molar-refractivity contribution in [1.29, 1.82) is 0 Å². The minimum Gasteiger partial charge on any atom is -0.494 e. The van der Waals surface area contributed by atoms with Crippen LogP contribution in [0.5, 0.6) is 34.5 Å². The van der Waals surface area contributed by atoms with Crippen molar-refractivity contribution in [3.05, 3.63) is 143 Å². The second kappa shape index (κ2) is 33.5. The summed E-state index contributed by atoms with van der Waals surface area (Å²) in [7, 11) is 0. The van der Waals surface area contributed by atoms with Crippen LogP contribution in [0.2, 0.25) is 0 Å². The van der Waals surface area contributed by atoms with Gasteiger partial charge in [0.05, 0.1) is 29.9 Å². The Bertz CT molecular complexity index is 2600. The van der Waals surface area contributed by atoms with E-state index in [1.54, 1.807) is 91.0 Å². The largest absolute Gasteiger partial charge is 0.494 e. The van der Waals surface area contributed by atoms with Gasteiger partial charge in [0, 0.05) is 10.1 Å². The molecule has 0 amide bonds. The van der Waals surface area contributed by atoms with Crippen molar-refractivity contribution < 1.29 is 47.6 Å². The Morgan fingerprint density at radius 3 is 1.05 bits per heavy atom. The molecule has 0 aliphatic heterocycles. The van der Waals surface area contributed by atoms with Crippen LogP contribution in [-0.4, -0.2) is 37.1 Å². The fourth-order valence-corrected chi connectivity index (χ4v) is 9.70. The van der Waals surface area contributed by atoms with Gasteiger partial charge in [0.2, 0.25) is 0 Å². The Balaban J connectivity index is 0.867. The zero-order valence-corrected chi connectivity index (χ0v) is 45.2. The first-order valence-corrected chi connectivity index (χ1v) is 28.7. The highest BCUT2D eigenvalue weighted by Gasteiger charge is 2.19. The third-order valence-corrected chi connectivity index (χ3v) is 14.3. The lowest BCUT2D eigenvalue weighted by Crippen LogP contribution is -2.10. The fraction of sp³-hybridized carbons (Fsp3) is 0.438. The van der Waals surface area contributed by atoms with Crippen molar-refractivity contribution in [2.24, 2.45) is 0 Å². The van der Waals surface area contributed by atoms with Crippen molar-refractivity contribution in [1.82, 2.24) is 0 Å². The van der Waals surface area contributed by atoms with E-state index in [-0.39, 0.29) is 22.8 Å². The van der Waals surface area contributed by atoms with E-state index in [2.05, 4.69) is 13.8 Å². The smallest absolute Gasteiger partial charge is 0.353 e. The second-order valence-electron chi connectivity index (χ2n) is 19.4. The SMILES string of the molecule is CCCCCCCCCCCCCCOc1ccc(C(=O)Oc2ccc(OC(=O)c3cc4c(OC(=O)c5ccc(OC(=O)c6ccc(OCCCCCCCCCCCCCC)cc6)cc5)cccc4s3)cc2)cc1. The van der Waals surface area contributed by atoms with E-state index in [4.69, 9.17) is 28.4 Å². The molecule has 11 heteroatoms. The van der Waals surface area contributed by atoms with Crippen LogP contribution in [0.1, 0.15) is 209 Å². The minimum absolute atomic E-state index is 0.244. The fourth-order valence-electron chi connectivity index (χ4n) is 8.75. The maximum Gasteiger partial charge on any atom is 0.353 e. The molecular formula is C64H78O10S. The Kier molecular flexibility index (Phi) is 25.8. The standard InChI is InChI=1S/C64H78O10S/c1-3-5-7-9-11-13-15-17-19-21-23-25-46-69-52-36-30-49(31-37-52)61(65)71-54-40-34-51(35-41-54)63(67)74-58-28-27-29-59-57(58)48-60(75-59)64(68)73-56-44-42-55(43-45-56)72-62(66)50-32-38-53(39-33-50)70-47-26-24-22-20-18-16-14-12-10-8-6-4-2/h27-45,48H,3-26,46-47H2,1-2H3. The van der Waals surface area contributed by atoms with Crippen molar-refractivity contribution in [3.63, 3.8) is 0 Å². The van der Waals surface area contributed by atoms with E-state index in [0.717, 1.165) is 30.4 Å². The maximum absolute atomic E-state index is 13.3. The van der Waals surface area contributed by atoms with Crippen molar-refractivity contribution >= 4 is 45.3 Å². The van der Waals surface area contributed by atoms with E-state index >= 15 is 0 Å². The van der Waals surface area contributed by atoms with Crippen LogP contribution in [0.15, 0.2) is 121 Å². The molecule has 1 heterocycles. The number of hydrogen-bond acceptors (Lipinski definition) is 11. The average Bonchev–Trinajstić information content (AvgIpc) is 3.89. The van der Waals surface area contributed by atoms with E-state index < -0.39 is 23.9 Å². The number of hydrogen-bond donors (Lipinski definition) is 0. The van der Waals surface area contributed by atoms with Gasteiger partial charge >= 0.3 is 23.9 Å². The monoisotopic (exact) mass is 1040 g/mol. The third kappa shape index (κ3) is 21.0. The normalized spacial score (nSPS) is 11.1. The van der Waals surface area contributed by atoms with Gasteiger partial charge in [-0.3, -0.25) is 0 Å². The minimum atomic E-state index is -0.623. The Hall–Kier alpha value is -6.46. The predicted octanol–water partition coefficient (Wildman–Crippen LogP) is 17.9. The summed E-state index contributed by atoms with van der Waals surface area (Å²) in [5, 5.41) is 0.565. The number of carbonyl (C=O) groups excluding carboxylic acids is 4. The highest BCUT2D eigenvalue weighted by molar-refractivity contribution is 7.20. The highest BCUT2D eigenvalue weighted by atomic mass is 32.1. The van der Waals surface area contributed by atoms with Gasteiger partial charge in [0.15, 0.2) is 0 Å². The van der Waals surface area contributed by atoms with Crippen LogP contribution in [0.3, 0.4) is 0 Å². The molecule has 0 saturated heterocycles. The number of ether oxygens (including phenoxy) is 6. The molecule has 0 fully saturated rings. The average molecular weight is 1040 g/mol. The molecule has 0 aliphatic rings. The molecule has 6 aromatic rings. The van der Waals surface area contributed by atoms with Gasteiger partial charge in [-0.2, -0.15) is 0 Å². The van der Waals surface area contributed by atoms with Crippen LogP contribution in [0.25, 0.3) is 10.1 Å². The van der Waals surface area contributed by atoms with Gasteiger partial charge in [0.1, 0.15) is 39.4 Å². The first-order valence-electron chi connectivity index (χ1n) is 27.9. The zero-order valence-electron chi connectivity index (χ0n) is 44.4. The quantitative estimate of drug-likeness (QED) is 0.0213. The van der Waals surface area contributed by atoms with Crippen LogP contribution in [-0.2, 0) is 0 Å². The van der Waals surface area contributed by atoms with Crippen LogP contribution >= 0.6 is 11.3 Å². The summed E-state index contributed by atoms with van der Waals surface area (Å²) in [6.07, 6.45) is 31.0. The predicted molar refractivity (Wildman–Crippen MR) is 301 cm³/mol. The molecule has 0 saturated carbocycles. The molecule has 0 unspecified atom stereocenters. The summed E-state index contributed by atoms with van der Waals surface area (Å²) < 4.78 is 35.1. The first kappa shape index (κ1) is 57.8. The summed E-state index contributed by atoms with van der Waals surface area (Å²) in [4.78, 5) is 52.7. The lowest BCUT2D eigenvalue weighted by Gasteiger charge is -2.09. The van der Waals surface area contributed by atoms with Gasteiger partial charge in [-0.15, -0.1) is 11.3 Å². The van der Waals surface area contributed by atoms with Gasteiger partial charge in [0.25, 0.3) is 0 Å². The van der Waals surface area contributed by atoms with E-state index in [1.807, 2.05) is 6.07 Å². The van der Waals surface area contributed by atoms with Crippen LogP contribution < -0.4 is 28.4 Å². The summed E-state index contributed by atoms with van der Waals surface area (Å²) in [5.41, 5.74) is 1.01. The highest BCUT2D eigenvalue weighted by Crippen LogP contribution is 2.34. The molecule has 0 radical (unpaired) electrons. The molecule has 75 heavy (non-hydrogen) atoms. The molecule has 0 N–H and O–H groups in total. The number of benzene rings is 5. The van der Waals surface area contributed by atoms with Crippen molar-refractivity contribution in [3.8, 4) is 34.5 Å². The molecular weight excluding hydrogens is 961 g/mol. The molecule has 400 valence electrons. The van der Waals surface area contributed by atoms with Crippen LogP contribution in [0, 0.1) is 0 Å². The number of thiophene rings is 1. The Morgan fingerprint density at radius 1 is 0.347 bits per heavy atom. The van der Waals surface area contributed by atoms with E-state index in [0.29, 0.717) is 51.9 Å². The zero-order chi connectivity index (χ0) is 52.7. The number of unbranched alkanes of at least 4 members (excludes halogenated alkanes) is 22. The molecule has 0 aliphatic carbocycles. The number of esters is 4. The summed E-state index contributed by atoms with van der Waals surface area (Å²) in [6, 6.07) is 33.0. The lowest BCUT2D eigenvalue weighted by atomic mass is 10.1. The summed E-state index contributed by atoms with van der Waals surface area (Å²) in [6.45, 7) is 5.80. The molecule has 6 rings (SSSR count). The molecule has 1 aromatic heterocycles. The molecule has 0 spiro atoms. The van der Waals surface area contributed by atoms with E-state index in [1.165, 1.54) is 164 Å². The van der Waals surface area contributed by atoms with Gasteiger partial charge in [-0.05, 0) is 128 Å². The molecule has 10 nitrogen and oxygen atoms in total. The maximum atomic E-state index is 13.3. The molecule has 0 bridgehead atoms. The van der Waals surface area contributed by atoms with E-state index in [9.17, 15) is 19.2 Å². The molecule has 5 aromatic carbocycles. The van der Waals surface area contributed by atoms with Crippen molar-refractivity contribution in [2.75, 3.05) is 13.2 Å². The first-order chi connectivity index (χ1) is 36.8. The number of fused-ring (bicyclic) bond motifs is 1. The summed E-state index contributed by atoms with van der Waals surface area (Å²) in [5.74, 6) is 0.247. The lowest BCUT2D eigenvalue weighted by molar-refractivity contribution is 0.0721. The molecule has 0 atom stereocenters. The van der Waals surface area contributed by atoms with Gasteiger partial charge < -0.3 is 28.4 Å². The second-order valence-corrected chi connectivity index (χ2v) is 20.4. The summed E-state index contributed by atoms with van der Waals surface area (Å²) >= 11 is 1.20. The van der Waals surface area contributed by atoms with Crippen molar-refractivity contribution in [2.45, 2.75) is 168 Å². The number of carbonyl (C=O) groups is 4.